The summed E-state index contributed by atoms with van der Waals surface area (Å²) in [5.74, 6) is -0.333. The second-order valence-electron chi connectivity index (χ2n) is 9.45. The van der Waals surface area contributed by atoms with E-state index in [1.165, 1.54) is 24.6 Å². The highest BCUT2D eigenvalue weighted by atomic mass is 32.2. The molecule has 0 bridgehead atoms. The van der Waals surface area contributed by atoms with Gasteiger partial charge in [-0.15, -0.1) is 11.3 Å². The van der Waals surface area contributed by atoms with Gasteiger partial charge < -0.3 is 4.74 Å². The predicted molar refractivity (Wildman–Crippen MR) is 140 cm³/mol. The summed E-state index contributed by atoms with van der Waals surface area (Å²) in [6.07, 6.45) is 2.34. The first-order chi connectivity index (χ1) is 16.8. The number of hydrogen-bond donors (Lipinski definition) is 2. The van der Waals surface area contributed by atoms with Crippen molar-refractivity contribution in [2.75, 3.05) is 13.4 Å². The van der Waals surface area contributed by atoms with E-state index in [0.29, 0.717) is 16.9 Å². The molecule has 0 spiro atoms. The first-order valence-corrected chi connectivity index (χ1v) is 13.7. The number of halogens is 1. The van der Waals surface area contributed by atoms with Crippen molar-refractivity contribution in [2.24, 2.45) is 0 Å². The van der Waals surface area contributed by atoms with Crippen molar-refractivity contribution < 1.29 is 17.5 Å². The molecule has 0 fully saturated rings. The van der Waals surface area contributed by atoms with E-state index < -0.39 is 32.5 Å². The lowest BCUT2D eigenvalue weighted by atomic mass is 9.83. The van der Waals surface area contributed by atoms with Gasteiger partial charge in [0.15, 0.2) is 5.82 Å². The minimum absolute atomic E-state index is 0.0127. The number of rotatable bonds is 6. The quantitative estimate of drug-likeness (QED) is 0.392. The van der Waals surface area contributed by atoms with Gasteiger partial charge in [-0.1, -0.05) is 32.9 Å². The van der Waals surface area contributed by atoms with Crippen molar-refractivity contribution in [1.29, 1.82) is 0 Å². The maximum atomic E-state index is 16.2. The minimum Gasteiger partial charge on any atom is -0.496 e. The Hall–Kier alpha value is -3.28. The first kappa shape index (κ1) is 25.8. The molecule has 8 nitrogen and oxygen atoms in total. The lowest BCUT2D eigenvalue weighted by Gasteiger charge is -2.26. The average molecular weight is 532 g/mol. The SMILES string of the molecule is COc1c(C(C)(C)C)cc(-n2ccc(=O)[nH]c2=O)c(F)c1-c1ccc2cc(CNS(C)(=O)=O)sc2c1. The molecule has 0 aliphatic carbocycles. The number of ether oxygens (including phenoxy) is 1. The van der Waals surface area contributed by atoms with E-state index in [4.69, 9.17) is 4.74 Å². The lowest BCUT2D eigenvalue weighted by molar-refractivity contribution is 0.396. The molecule has 36 heavy (non-hydrogen) atoms. The number of thiophene rings is 1. The van der Waals surface area contributed by atoms with Gasteiger partial charge >= 0.3 is 5.69 Å². The Morgan fingerprint density at radius 2 is 1.86 bits per heavy atom. The molecule has 11 heteroatoms. The van der Waals surface area contributed by atoms with Crippen LogP contribution in [-0.2, 0) is 22.0 Å². The third-order valence-electron chi connectivity index (χ3n) is 5.66. The highest BCUT2D eigenvalue weighted by molar-refractivity contribution is 7.88. The summed E-state index contributed by atoms with van der Waals surface area (Å²) < 4.78 is 49.2. The molecule has 2 N–H and O–H groups in total. The van der Waals surface area contributed by atoms with Crippen LogP contribution in [0.2, 0.25) is 0 Å². The molecule has 190 valence electrons. The van der Waals surface area contributed by atoms with Crippen molar-refractivity contribution in [3.8, 4) is 22.6 Å². The Morgan fingerprint density at radius 1 is 1.14 bits per heavy atom. The Morgan fingerprint density at radius 3 is 2.47 bits per heavy atom. The number of benzene rings is 2. The molecule has 0 atom stereocenters. The zero-order valence-corrected chi connectivity index (χ0v) is 22.1. The Labute approximate surface area is 211 Å². The van der Waals surface area contributed by atoms with Crippen molar-refractivity contribution in [2.45, 2.75) is 32.7 Å². The number of H-pyrrole nitrogens is 1. The summed E-state index contributed by atoms with van der Waals surface area (Å²) in [4.78, 5) is 27.1. The van der Waals surface area contributed by atoms with Gasteiger partial charge in [0.2, 0.25) is 10.0 Å². The molecule has 2 aromatic heterocycles. The van der Waals surface area contributed by atoms with Crippen molar-refractivity contribution >= 4 is 31.4 Å². The number of aromatic amines is 1. The van der Waals surface area contributed by atoms with Gasteiger partial charge in [0, 0.05) is 33.9 Å². The second-order valence-corrected chi connectivity index (χ2v) is 12.5. The summed E-state index contributed by atoms with van der Waals surface area (Å²) in [6.45, 7) is 6.02. The number of aromatic nitrogens is 2. The molecule has 0 saturated heterocycles. The van der Waals surface area contributed by atoms with Crippen LogP contribution in [0.3, 0.4) is 0 Å². The van der Waals surface area contributed by atoms with E-state index in [1.807, 2.05) is 39.0 Å². The largest absolute Gasteiger partial charge is 0.496 e. The van der Waals surface area contributed by atoms with Crippen molar-refractivity contribution in [1.82, 2.24) is 14.3 Å². The van der Waals surface area contributed by atoms with Gasteiger partial charge in [-0.3, -0.25) is 14.3 Å². The average Bonchev–Trinajstić information content (AvgIpc) is 3.19. The third kappa shape index (κ3) is 5.13. The molecule has 0 aliphatic heterocycles. The Kier molecular flexibility index (Phi) is 6.67. The summed E-state index contributed by atoms with van der Waals surface area (Å²) in [5.41, 5.74) is -0.415. The van der Waals surface area contributed by atoms with E-state index in [2.05, 4.69) is 9.71 Å². The number of nitrogens with zero attached hydrogens (tertiary/aromatic N) is 1. The third-order valence-corrected chi connectivity index (χ3v) is 7.43. The predicted octanol–water partition coefficient (Wildman–Crippen LogP) is 3.90. The first-order valence-electron chi connectivity index (χ1n) is 11.0. The zero-order valence-electron chi connectivity index (χ0n) is 20.4. The molecule has 0 unspecified atom stereocenters. The van der Waals surface area contributed by atoms with Crippen LogP contribution >= 0.6 is 11.3 Å². The maximum Gasteiger partial charge on any atom is 0.333 e. The maximum absolute atomic E-state index is 16.2. The van der Waals surface area contributed by atoms with E-state index in [1.54, 1.807) is 12.1 Å². The molecular weight excluding hydrogens is 505 g/mol. The van der Waals surface area contributed by atoms with Gasteiger partial charge in [-0.05, 0) is 34.6 Å². The Balaban J connectivity index is 1.96. The number of hydrogen-bond acceptors (Lipinski definition) is 6. The van der Waals surface area contributed by atoms with Crippen molar-refractivity contribution in [3.63, 3.8) is 0 Å². The summed E-state index contributed by atoms with van der Waals surface area (Å²) in [7, 11) is -1.87. The molecule has 4 aromatic rings. The van der Waals surface area contributed by atoms with Crippen molar-refractivity contribution in [3.05, 3.63) is 79.7 Å². The fourth-order valence-corrected chi connectivity index (χ4v) is 5.52. The molecule has 2 heterocycles. The van der Waals surface area contributed by atoms with Gasteiger partial charge in [0.05, 0.1) is 24.6 Å². The van der Waals surface area contributed by atoms with E-state index >= 15 is 4.39 Å². The number of sulfonamides is 1. The van der Waals surface area contributed by atoms with Crippen LogP contribution < -0.4 is 20.7 Å². The van der Waals surface area contributed by atoms with Crippen LogP contribution in [0.1, 0.15) is 31.2 Å². The van der Waals surface area contributed by atoms with Gasteiger partial charge in [0.1, 0.15) is 5.75 Å². The van der Waals surface area contributed by atoms with Gasteiger partial charge in [0.25, 0.3) is 5.56 Å². The van der Waals surface area contributed by atoms with Crippen LogP contribution in [0.4, 0.5) is 4.39 Å². The highest BCUT2D eigenvalue weighted by Crippen LogP contribution is 2.44. The van der Waals surface area contributed by atoms with Crippen LogP contribution in [0.15, 0.2) is 52.2 Å². The molecule has 0 amide bonds. The monoisotopic (exact) mass is 531 g/mol. The van der Waals surface area contributed by atoms with Crippen LogP contribution in [0.5, 0.6) is 5.75 Å². The van der Waals surface area contributed by atoms with E-state index in [9.17, 15) is 18.0 Å². The number of nitrogens with one attached hydrogen (secondary N) is 2. The van der Waals surface area contributed by atoms with Crippen LogP contribution in [-0.4, -0.2) is 31.3 Å². The normalized spacial score (nSPS) is 12.3. The summed E-state index contributed by atoms with van der Waals surface area (Å²) >= 11 is 1.40. The molecule has 0 radical (unpaired) electrons. The molecule has 2 aromatic carbocycles. The number of fused-ring (bicyclic) bond motifs is 1. The Bertz CT molecular complexity index is 1700. The number of methoxy groups -OCH3 is 1. The van der Waals surface area contributed by atoms with Gasteiger partial charge in [-0.25, -0.2) is 22.3 Å². The fourth-order valence-electron chi connectivity index (χ4n) is 3.97. The summed E-state index contributed by atoms with van der Waals surface area (Å²) in [6, 6.07) is 10.0. The minimum atomic E-state index is -3.34. The van der Waals surface area contributed by atoms with Crippen LogP contribution in [0, 0.1) is 5.82 Å². The van der Waals surface area contributed by atoms with E-state index in [0.717, 1.165) is 31.9 Å². The lowest BCUT2D eigenvalue weighted by Crippen LogP contribution is -2.28. The summed E-state index contributed by atoms with van der Waals surface area (Å²) in [5, 5.41) is 0.887. The smallest absolute Gasteiger partial charge is 0.333 e. The zero-order chi connectivity index (χ0) is 26.4. The standard InChI is InChI=1S/C25H26FN3O5S2/c1-25(2,3)17-12-18(29-9-8-20(30)28-24(29)31)22(26)21(23(17)34-4)15-7-6-14-10-16(35-19(14)11-15)13-27-36(5,32)33/h6-12,27H,13H2,1-5H3,(H,28,30,31). The van der Waals surface area contributed by atoms with E-state index in [-0.39, 0.29) is 17.8 Å². The molecule has 4 rings (SSSR count). The second kappa shape index (κ2) is 9.30. The highest BCUT2D eigenvalue weighted by Gasteiger charge is 2.28. The fraction of sp³-hybridized carbons (Fsp3) is 0.280. The van der Waals surface area contributed by atoms with Gasteiger partial charge in [-0.2, -0.15) is 0 Å². The molecule has 0 saturated carbocycles. The topological polar surface area (TPSA) is 110 Å². The molecular formula is C25H26FN3O5S2. The van der Waals surface area contributed by atoms with Crippen LogP contribution in [0.25, 0.3) is 26.9 Å². The molecule has 0 aliphatic rings.